The molecular formula is C16H17N3O5. The van der Waals surface area contributed by atoms with Crippen LogP contribution in [0.15, 0.2) is 30.6 Å². The van der Waals surface area contributed by atoms with Gasteiger partial charge in [0.05, 0.1) is 25.2 Å². The zero-order chi connectivity index (χ0) is 16.7. The predicted octanol–water partition coefficient (Wildman–Crippen LogP) is 0.198. The molecule has 1 unspecified atom stereocenters. The van der Waals surface area contributed by atoms with Crippen molar-refractivity contribution in [3.05, 3.63) is 30.6 Å². The minimum atomic E-state index is -1.07. The van der Waals surface area contributed by atoms with E-state index in [1.54, 1.807) is 19.5 Å². The molecule has 1 N–H and O–H groups in total. The highest BCUT2D eigenvalue weighted by Crippen LogP contribution is 2.48. The van der Waals surface area contributed by atoms with Crippen molar-refractivity contribution < 1.29 is 23.8 Å². The van der Waals surface area contributed by atoms with Gasteiger partial charge in [-0.2, -0.15) is 0 Å². The van der Waals surface area contributed by atoms with E-state index in [2.05, 4.69) is 10.3 Å². The Labute approximate surface area is 138 Å². The van der Waals surface area contributed by atoms with Gasteiger partial charge < -0.3 is 19.1 Å². The smallest absolute Gasteiger partial charge is 0.333 e. The van der Waals surface area contributed by atoms with Gasteiger partial charge in [-0.25, -0.2) is 9.59 Å². The Morgan fingerprint density at radius 1 is 1.33 bits per heavy atom. The number of carbonyl (C=O) groups excluding carboxylic acids is 2. The summed E-state index contributed by atoms with van der Waals surface area (Å²) in [6.45, 7) is 1.37. The predicted molar refractivity (Wildman–Crippen MR) is 82.1 cm³/mol. The number of nitrogens with zero attached hydrogens (tertiary/aromatic N) is 2. The fourth-order valence-electron chi connectivity index (χ4n) is 3.57. The quantitative estimate of drug-likeness (QED) is 0.769. The van der Waals surface area contributed by atoms with Crippen LogP contribution in [0.2, 0.25) is 0 Å². The van der Waals surface area contributed by atoms with E-state index in [4.69, 9.17) is 14.2 Å². The lowest BCUT2D eigenvalue weighted by Gasteiger charge is -2.62. The molecular weight excluding hydrogens is 314 g/mol. The Morgan fingerprint density at radius 3 is 3.00 bits per heavy atom. The van der Waals surface area contributed by atoms with Crippen LogP contribution >= 0.6 is 0 Å². The summed E-state index contributed by atoms with van der Waals surface area (Å²) >= 11 is 0. The summed E-state index contributed by atoms with van der Waals surface area (Å²) < 4.78 is 16.4. The second-order valence-corrected chi connectivity index (χ2v) is 5.96. The molecule has 0 amide bonds. The lowest BCUT2D eigenvalue weighted by Crippen LogP contribution is -2.80. The first kappa shape index (κ1) is 14.9. The van der Waals surface area contributed by atoms with Crippen LogP contribution in [0.3, 0.4) is 0 Å². The molecule has 24 heavy (non-hydrogen) atoms. The van der Waals surface area contributed by atoms with E-state index in [1.807, 2.05) is 11.0 Å². The molecule has 3 aliphatic rings. The number of carbonyl (C=O) groups is 2. The highest BCUT2D eigenvalue weighted by Gasteiger charge is 2.65. The van der Waals surface area contributed by atoms with Crippen LogP contribution in [0.5, 0.6) is 5.75 Å². The van der Waals surface area contributed by atoms with Crippen molar-refractivity contribution in [2.75, 3.05) is 25.1 Å². The first-order valence-electron chi connectivity index (χ1n) is 7.75. The van der Waals surface area contributed by atoms with Crippen molar-refractivity contribution in [3.63, 3.8) is 0 Å². The first-order chi connectivity index (χ1) is 11.6. The van der Waals surface area contributed by atoms with Crippen molar-refractivity contribution in [2.24, 2.45) is 5.92 Å². The maximum Gasteiger partial charge on any atom is 0.333 e. The monoisotopic (exact) mass is 331 g/mol. The van der Waals surface area contributed by atoms with Gasteiger partial charge in [0.1, 0.15) is 5.75 Å². The molecule has 3 aliphatic heterocycles. The normalized spacial score (nSPS) is 33.0. The summed E-state index contributed by atoms with van der Waals surface area (Å²) in [7, 11) is 1.56. The van der Waals surface area contributed by atoms with E-state index < -0.39 is 23.9 Å². The second kappa shape index (κ2) is 5.48. The van der Waals surface area contributed by atoms with Crippen LogP contribution < -0.4 is 15.0 Å². The summed E-state index contributed by atoms with van der Waals surface area (Å²) in [6.07, 6.45) is 5.53. The standard InChI is InChI=1S/C16H17N3O5/c1-22-12-6-11(7-17-8-12)19-9-10-4-5-18-15-16(10,19)24-14(21)3-2-13(20)23-15/h2-3,6-8,10,15,18H,4-5,9H2,1H3/b3-2+/t10-,15?,16+/m1/s1. The molecule has 1 aromatic rings. The van der Waals surface area contributed by atoms with Crippen LogP contribution in [0.1, 0.15) is 6.42 Å². The third kappa shape index (κ3) is 2.14. The van der Waals surface area contributed by atoms with Crippen LogP contribution in [0.25, 0.3) is 0 Å². The van der Waals surface area contributed by atoms with E-state index >= 15 is 0 Å². The second-order valence-electron chi connectivity index (χ2n) is 5.96. The lowest BCUT2D eigenvalue weighted by molar-refractivity contribution is -0.224. The summed E-state index contributed by atoms with van der Waals surface area (Å²) in [5.74, 6) is -0.467. The molecule has 126 valence electrons. The number of ether oxygens (including phenoxy) is 3. The average Bonchev–Trinajstić information content (AvgIpc) is 2.57. The molecule has 3 atom stereocenters. The molecule has 4 rings (SSSR count). The zero-order valence-electron chi connectivity index (χ0n) is 13.1. The fourth-order valence-corrected chi connectivity index (χ4v) is 3.57. The van der Waals surface area contributed by atoms with Gasteiger partial charge in [0.25, 0.3) is 0 Å². The highest BCUT2D eigenvalue weighted by atomic mass is 16.6. The number of hydrogen-bond acceptors (Lipinski definition) is 8. The zero-order valence-corrected chi connectivity index (χ0v) is 13.1. The van der Waals surface area contributed by atoms with Gasteiger partial charge in [-0.15, -0.1) is 0 Å². The SMILES string of the molecule is COc1cncc(N2C[C@H]3CCNC4OC(=O)/C=C/C(=O)O[C@]432)c1. The third-order valence-corrected chi connectivity index (χ3v) is 4.71. The summed E-state index contributed by atoms with van der Waals surface area (Å²) in [6, 6.07) is 1.81. The van der Waals surface area contributed by atoms with Gasteiger partial charge in [0.15, 0.2) is 0 Å². The largest absolute Gasteiger partial charge is 0.495 e. The Hall–Kier alpha value is -2.61. The number of piperidine rings is 1. The number of anilines is 1. The Morgan fingerprint density at radius 2 is 2.17 bits per heavy atom. The third-order valence-electron chi connectivity index (χ3n) is 4.71. The molecule has 0 aliphatic carbocycles. The van der Waals surface area contributed by atoms with Crippen LogP contribution in [0.4, 0.5) is 5.69 Å². The fraction of sp³-hybridized carbons (Fsp3) is 0.438. The number of rotatable bonds is 2. The number of methoxy groups -OCH3 is 1. The molecule has 0 saturated carbocycles. The maximum atomic E-state index is 12.1. The topological polar surface area (TPSA) is 90.0 Å². The molecule has 4 heterocycles. The minimum absolute atomic E-state index is 0.0678. The molecule has 8 nitrogen and oxygen atoms in total. The molecule has 0 bridgehead atoms. The van der Waals surface area contributed by atoms with Crippen LogP contribution in [0, 0.1) is 5.92 Å². The van der Waals surface area contributed by atoms with E-state index in [0.717, 1.165) is 24.3 Å². The molecule has 2 saturated heterocycles. The van der Waals surface area contributed by atoms with Crippen LogP contribution in [-0.2, 0) is 19.1 Å². The molecule has 2 fully saturated rings. The number of hydrogen-bond donors (Lipinski definition) is 1. The van der Waals surface area contributed by atoms with E-state index in [0.29, 0.717) is 18.8 Å². The maximum absolute atomic E-state index is 12.1. The van der Waals surface area contributed by atoms with E-state index in [-0.39, 0.29) is 5.92 Å². The van der Waals surface area contributed by atoms with E-state index in [9.17, 15) is 9.59 Å². The molecule has 1 spiro atoms. The average molecular weight is 331 g/mol. The Kier molecular flexibility index (Phi) is 3.42. The number of esters is 2. The summed E-state index contributed by atoms with van der Waals surface area (Å²) in [5.41, 5.74) is -0.322. The lowest BCUT2D eigenvalue weighted by atomic mass is 9.77. The molecule has 0 aromatic carbocycles. The van der Waals surface area contributed by atoms with Crippen LogP contribution in [-0.4, -0.2) is 49.1 Å². The summed E-state index contributed by atoms with van der Waals surface area (Å²) in [5, 5.41) is 3.14. The molecule has 1 aromatic heterocycles. The van der Waals surface area contributed by atoms with Gasteiger partial charge in [-0.3, -0.25) is 10.3 Å². The van der Waals surface area contributed by atoms with Gasteiger partial charge in [0.2, 0.25) is 12.0 Å². The van der Waals surface area contributed by atoms with Crippen molar-refractivity contribution in [2.45, 2.75) is 18.4 Å². The minimum Gasteiger partial charge on any atom is -0.495 e. The van der Waals surface area contributed by atoms with Gasteiger partial charge in [-0.1, -0.05) is 0 Å². The number of aromatic nitrogens is 1. The van der Waals surface area contributed by atoms with Gasteiger partial charge in [-0.05, 0) is 13.0 Å². The Balaban J connectivity index is 1.75. The Bertz CT molecular complexity index is 721. The molecule has 8 heteroatoms. The van der Waals surface area contributed by atoms with Gasteiger partial charge in [0, 0.05) is 30.7 Å². The number of pyridine rings is 1. The summed E-state index contributed by atoms with van der Waals surface area (Å²) in [4.78, 5) is 30.0. The molecule has 0 radical (unpaired) electrons. The van der Waals surface area contributed by atoms with Crippen molar-refractivity contribution in [3.8, 4) is 5.75 Å². The number of nitrogens with one attached hydrogen (secondary N) is 1. The van der Waals surface area contributed by atoms with Gasteiger partial charge >= 0.3 is 11.9 Å². The van der Waals surface area contributed by atoms with Crippen molar-refractivity contribution in [1.82, 2.24) is 10.3 Å². The van der Waals surface area contributed by atoms with E-state index in [1.165, 1.54) is 0 Å². The van der Waals surface area contributed by atoms with Crippen molar-refractivity contribution in [1.29, 1.82) is 0 Å². The first-order valence-corrected chi connectivity index (χ1v) is 7.75. The highest BCUT2D eigenvalue weighted by molar-refractivity contribution is 5.92. The van der Waals surface area contributed by atoms with Crippen molar-refractivity contribution >= 4 is 17.6 Å².